The summed E-state index contributed by atoms with van der Waals surface area (Å²) in [6.07, 6.45) is 0.561. The van der Waals surface area contributed by atoms with E-state index in [0.29, 0.717) is 18.5 Å². The molecule has 2 aliphatic heterocycles. The van der Waals surface area contributed by atoms with E-state index in [1.165, 1.54) is 0 Å². The number of hydrogen-bond acceptors (Lipinski definition) is 5. The third-order valence-corrected chi connectivity index (χ3v) is 7.27. The Bertz CT molecular complexity index is 1590. The van der Waals surface area contributed by atoms with Gasteiger partial charge in [0.25, 0.3) is 5.91 Å². The van der Waals surface area contributed by atoms with Crippen LogP contribution in [0.15, 0.2) is 72.8 Å². The lowest BCUT2D eigenvalue weighted by Crippen LogP contribution is -2.52. The maximum atomic E-state index is 13.2. The molecule has 3 amide bonds. The Morgan fingerprint density at radius 3 is 2.47 bits per heavy atom. The second-order valence-electron chi connectivity index (χ2n) is 9.56. The van der Waals surface area contributed by atoms with Crippen LogP contribution in [0.2, 0.25) is 0 Å². The quantitative estimate of drug-likeness (QED) is 0.410. The number of nitrogens with zero attached hydrogens (tertiary/aromatic N) is 3. The van der Waals surface area contributed by atoms with E-state index in [1.807, 2.05) is 73.8 Å². The molecule has 1 saturated heterocycles. The van der Waals surface area contributed by atoms with Crippen molar-refractivity contribution in [1.82, 2.24) is 19.8 Å². The van der Waals surface area contributed by atoms with Crippen molar-refractivity contribution in [2.75, 3.05) is 7.11 Å². The SMILES string of the molecule is COc1cccc(-c2c(-c3ccccc3)nc(-c3ccc4c(c3)CN(C3CCC(=O)NC3=O)C4=O)n2C)c1. The van der Waals surface area contributed by atoms with Crippen molar-refractivity contribution in [3.63, 3.8) is 0 Å². The number of carbonyl (C=O) groups excluding carboxylic acids is 3. The molecule has 0 bridgehead atoms. The van der Waals surface area contributed by atoms with Gasteiger partial charge in [-0.1, -0.05) is 48.5 Å². The van der Waals surface area contributed by atoms with Crippen LogP contribution in [0.4, 0.5) is 0 Å². The number of imide groups is 1. The molecule has 1 atom stereocenters. The number of fused-ring (bicyclic) bond motifs is 1. The largest absolute Gasteiger partial charge is 0.497 e. The number of carbonyl (C=O) groups is 3. The number of hydrogen-bond donors (Lipinski definition) is 1. The zero-order valence-electron chi connectivity index (χ0n) is 21.1. The minimum absolute atomic E-state index is 0.192. The number of nitrogens with one attached hydrogen (secondary N) is 1. The van der Waals surface area contributed by atoms with Gasteiger partial charge in [-0.05, 0) is 36.2 Å². The molecule has 0 spiro atoms. The standard InChI is InChI=1S/C30H26N4O4/c1-33-27(19-9-6-10-22(16-19)38-2)26(18-7-4-3-5-8-18)32-28(33)20-11-12-23-21(15-20)17-34(30(23)37)24-13-14-25(35)31-29(24)36/h3-12,15-16,24H,13-14,17H2,1-2H3,(H,31,35,36). The first-order valence-electron chi connectivity index (χ1n) is 12.5. The summed E-state index contributed by atoms with van der Waals surface area (Å²) in [4.78, 5) is 43.8. The van der Waals surface area contributed by atoms with E-state index in [0.717, 1.165) is 45.2 Å². The maximum Gasteiger partial charge on any atom is 0.255 e. The van der Waals surface area contributed by atoms with Crippen LogP contribution in [-0.4, -0.2) is 45.3 Å². The molecule has 38 heavy (non-hydrogen) atoms. The smallest absolute Gasteiger partial charge is 0.255 e. The fourth-order valence-electron chi connectivity index (χ4n) is 5.37. The highest BCUT2D eigenvalue weighted by atomic mass is 16.5. The Hall–Kier alpha value is -4.72. The van der Waals surface area contributed by atoms with Crippen LogP contribution in [-0.2, 0) is 23.2 Å². The summed E-state index contributed by atoms with van der Waals surface area (Å²) in [6, 6.07) is 23.0. The van der Waals surface area contributed by atoms with Crippen LogP contribution >= 0.6 is 0 Å². The summed E-state index contributed by atoms with van der Waals surface area (Å²) < 4.78 is 7.54. The minimum Gasteiger partial charge on any atom is -0.497 e. The van der Waals surface area contributed by atoms with E-state index in [4.69, 9.17) is 9.72 Å². The number of ether oxygens (including phenoxy) is 1. The third kappa shape index (κ3) is 3.94. The normalized spacial score (nSPS) is 16.9. The van der Waals surface area contributed by atoms with E-state index in [9.17, 15) is 14.4 Å². The molecule has 0 radical (unpaired) electrons. The first-order chi connectivity index (χ1) is 18.4. The van der Waals surface area contributed by atoms with Gasteiger partial charge in [0, 0.05) is 42.3 Å². The average molecular weight is 507 g/mol. The summed E-state index contributed by atoms with van der Waals surface area (Å²) >= 11 is 0. The van der Waals surface area contributed by atoms with Gasteiger partial charge in [0.2, 0.25) is 11.8 Å². The molecule has 1 aromatic heterocycles. The highest BCUT2D eigenvalue weighted by Crippen LogP contribution is 2.38. The van der Waals surface area contributed by atoms with Gasteiger partial charge in [-0.15, -0.1) is 0 Å². The van der Waals surface area contributed by atoms with Crippen molar-refractivity contribution < 1.29 is 19.1 Å². The van der Waals surface area contributed by atoms with Crippen LogP contribution in [0.25, 0.3) is 33.9 Å². The van der Waals surface area contributed by atoms with E-state index in [-0.39, 0.29) is 18.2 Å². The minimum atomic E-state index is -0.645. The molecule has 3 heterocycles. The van der Waals surface area contributed by atoms with Crippen molar-refractivity contribution in [3.05, 3.63) is 83.9 Å². The highest BCUT2D eigenvalue weighted by molar-refractivity contribution is 6.05. The van der Waals surface area contributed by atoms with Gasteiger partial charge < -0.3 is 14.2 Å². The lowest BCUT2D eigenvalue weighted by Gasteiger charge is -2.29. The summed E-state index contributed by atoms with van der Waals surface area (Å²) in [6.45, 7) is 0.312. The van der Waals surface area contributed by atoms with Crippen molar-refractivity contribution in [1.29, 1.82) is 0 Å². The highest BCUT2D eigenvalue weighted by Gasteiger charge is 2.39. The maximum absolute atomic E-state index is 13.2. The predicted molar refractivity (Wildman–Crippen MR) is 142 cm³/mol. The van der Waals surface area contributed by atoms with Crippen LogP contribution in [0.1, 0.15) is 28.8 Å². The second-order valence-corrected chi connectivity index (χ2v) is 9.56. The van der Waals surface area contributed by atoms with Gasteiger partial charge >= 0.3 is 0 Å². The van der Waals surface area contributed by atoms with Crippen LogP contribution in [0, 0.1) is 0 Å². The first-order valence-corrected chi connectivity index (χ1v) is 12.5. The number of aromatic nitrogens is 2. The lowest BCUT2D eigenvalue weighted by atomic mass is 10.0. The molecule has 8 nitrogen and oxygen atoms in total. The summed E-state index contributed by atoms with van der Waals surface area (Å²) in [5.74, 6) is 0.615. The zero-order valence-corrected chi connectivity index (χ0v) is 21.1. The Morgan fingerprint density at radius 1 is 0.921 bits per heavy atom. The molecular weight excluding hydrogens is 480 g/mol. The predicted octanol–water partition coefficient (Wildman–Crippen LogP) is 4.19. The van der Waals surface area contributed by atoms with Gasteiger partial charge in [-0.3, -0.25) is 19.7 Å². The van der Waals surface area contributed by atoms with E-state index >= 15 is 0 Å². The van der Waals surface area contributed by atoms with Crippen molar-refractivity contribution in [2.24, 2.45) is 7.05 Å². The third-order valence-electron chi connectivity index (χ3n) is 7.27. The van der Waals surface area contributed by atoms with E-state index in [1.54, 1.807) is 18.1 Å². The number of amides is 3. The molecule has 1 unspecified atom stereocenters. The molecule has 4 aromatic rings. The topological polar surface area (TPSA) is 93.5 Å². The Morgan fingerprint density at radius 2 is 1.71 bits per heavy atom. The second kappa shape index (κ2) is 9.30. The molecule has 1 fully saturated rings. The molecule has 6 rings (SSSR count). The van der Waals surface area contributed by atoms with Crippen LogP contribution in [0.3, 0.4) is 0 Å². The number of methoxy groups -OCH3 is 1. The summed E-state index contributed by atoms with van der Waals surface area (Å²) in [5, 5.41) is 2.35. The summed E-state index contributed by atoms with van der Waals surface area (Å²) in [5.41, 5.74) is 6.05. The molecule has 0 saturated carbocycles. The molecular formula is C30H26N4O4. The van der Waals surface area contributed by atoms with Crippen LogP contribution < -0.4 is 10.1 Å². The van der Waals surface area contributed by atoms with Crippen molar-refractivity contribution in [3.8, 4) is 39.7 Å². The Labute approximate surface area is 219 Å². The van der Waals surface area contributed by atoms with E-state index in [2.05, 4.69) is 9.88 Å². The van der Waals surface area contributed by atoms with Gasteiger partial charge in [-0.25, -0.2) is 4.98 Å². The number of rotatable bonds is 5. The fourth-order valence-corrected chi connectivity index (χ4v) is 5.37. The van der Waals surface area contributed by atoms with Crippen molar-refractivity contribution >= 4 is 17.7 Å². The Balaban J connectivity index is 1.42. The number of piperidine rings is 1. The summed E-state index contributed by atoms with van der Waals surface area (Å²) in [7, 11) is 3.63. The van der Waals surface area contributed by atoms with E-state index < -0.39 is 11.9 Å². The van der Waals surface area contributed by atoms with Gasteiger partial charge in [0.05, 0.1) is 18.5 Å². The van der Waals surface area contributed by atoms with Gasteiger partial charge in [-0.2, -0.15) is 0 Å². The van der Waals surface area contributed by atoms with Gasteiger partial charge in [0.1, 0.15) is 17.6 Å². The first kappa shape index (κ1) is 23.7. The number of imidazole rings is 1. The molecule has 3 aromatic carbocycles. The monoisotopic (exact) mass is 506 g/mol. The zero-order chi connectivity index (χ0) is 26.4. The molecule has 2 aliphatic rings. The molecule has 8 heteroatoms. The lowest BCUT2D eigenvalue weighted by molar-refractivity contribution is -0.136. The van der Waals surface area contributed by atoms with Crippen molar-refractivity contribution in [2.45, 2.75) is 25.4 Å². The average Bonchev–Trinajstić information content (AvgIpc) is 3.45. The molecule has 0 aliphatic carbocycles. The molecule has 1 N–H and O–H groups in total. The Kier molecular flexibility index (Phi) is 5.79. The number of benzene rings is 3. The fraction of sp³-hybridized carbons (Fsp3) is 0.200. The van der Waals surface area contributed by atoms with Gasteiger partial charge in [0.15, 0.2) is 0 Å². The molecule has 190 valence electrons. The van der Waals surface area contributed by atoms with Crippen LogP contribution in [0.5, 0.6) is 5.75 Å².